The fourth-order valence-electron chi connectivity index (χ4n) is 11.0. The van der Waals surface area contributed by atoms with Crippen LogP contribution in [0.2, 0.25) is 0 Å². The summed E-state index contributed by atoms with van der Waals surface area (Å²) in [7, 11) is 0. The first kappa shape index (κ1) is 76.0. The molecule has 17 atom stereocenters. The van der Waals surface area contributed by atoms with Gasteiger partial charge in [0.1, 0.15) is 73.2 Å². The van der Waals surface area contributed by atoms with Gasteiger partial charge in [-0.2, -0.15) is 0 Å². The summed E-state index contributed by atoms with van der Waals surface area (Å²) < 4.78 is 34.2. The first-order chi connectivity index (χ1) is 40.8. The summed E-state index contributed by atoms with van der Waals surface area (Å²) in [4.78, 5) is 13.3. The highest BCUT2D eigenvalue weighted by Gasteiger charge is 2.53. The molecule has 12 N–H and O–H groups in total. The van der Waals surface area contributed by atoms with Crippen LogP contribution in [0.25, 0.3) is 0 Å². The van der Waals surface area contributed by atoms with E-state index in [1.165, 1.54) is 122 Å². The Morgan fingerprint density at radius 1 is 0.429 bits per heavy atom. The quantitative estimate of drug-likeness (QED) is 0.0208. The fraction of sp³-hybridized carbons (Fsp3) is 0.862. The van der Waals surface area contributed by atoms with Crippen LogP contribution in [-0.4, -0.2) is 193 Å². The zero-order chi connectivity index (χ0) is 61.2. The molecule has 17 unspecified atom stereocenters. The number of allylic oxidation sites excluding steroid dienone is 7. The second-order valence-corrected chi connectivity index (χ2v) is 23.6. The molecular formula is C65H117NO18. The largest absolute Gasteiger partial charge is 0.394 e. The zero-order valence-corrected chi connectivity index (χ0v) is 51.4. The van der Waals surface area contributed by atoms with Gasteiger partial charge < -0.3 is 89.9 Å². The van der Waals surface area contributed by atoms with Crippen molar-refractivity contribution in [2.45, 2.75) is 330 Å². The van der Waals surface area contributed by atoms with E-state index < -0.39 is 124 Å². The van der Waals surface area contributed by atoms with E-state index in [0.717, 1.165) is 70.6 Å². The topological polar surface area (TPSA) is 307 Å². The van der Waals surface area contributed by atoms with Gasteiger partial charge >= 0.3 is 0 Å². The molecule has 0 spiro atoms. The molecule has 19 heteroatoms. The first-order valence-corrected chi connectivity index (χ1v) is 32.9. The van der Waals surface area contributed by atoms with Gasteiger partial charge in [0.15, 0.2) is 18.9 Å². The lowest BCUT2D eigenvalue weighted by atomic mass is 9.96. The molecule has 0 aromatic heterocycles. The number of hydrogen-bond donors (Lipinski definition) is 12. The molecule has 3 saturated heterocycles. The summed E-state index contributed by atoms with van der Waals surface area (Å²) >= 11 is 0. The van der Waals surface area contributed by atoms with Crippen molar-refractivity contribution in [2.75, 3.05) is 26.4 Å². The van der Waals surface area contributed by atoms with E-state index in [2.05, 4.69) is 55.6 Å². The Kier molecular flexibility index (Phi) is 43.2. The molecule has 0 radical (unpaired) electrons. The molecule has 3 aliphatic heterocycles. The molecule has 3 heterocycles. The number of hydrogen-bond acceptors (Lipinski definition) is 18. The standard InChI is InChI=1S/C65H117NO18/c1-3-5-7-9-11-13-15-17-18-19-20-21-22-23-24-25-26-27-28-29-31-32-34-36-38-40-42-49(70)48(66-53(71)43-41-39-37-35-33-30-16-14-12-10-8-6-4-2)47-79-63-59(77)56(74)61(51(45-68)81-63)84-65-60(78)57(75)62(52(46-69)82-65)83-64-58(76)55(73)54(72)50(44-67)80-64/h8,10,14,16,32,34,40,42,48-52,54-65,67-70,72-78H,3-7,9,11-13,15,17-31,33,35-39,41,43-47H2,1-2H3,(H,66,71)/b10-8-,16-14-,34-32+,42-40+. The lowest BCUT2D eigenvalue weighted by Gasteiger charge is -2.48. The molecule has 19 nitrogen and oxygen atoms in total. The van der Waals surface area contributed by atoms with Crippen molar-refractivity contribution in [1.82, 2.24) is 5.32 Å². The van der Waals surface area contributed by atoms with E-state index in [0.29, 0.717) is 12.8 Å². The highest BCUT2D eigenvalue weighted by atomic mass is 16.8. The molecule has 0 aromatic rings. The van der Waals surface area contributed by atoms with Crippen LogP contribution in [0, 0.1) is 0 Å². The summed E-state index contributed by atoms with van der Waals surface area (Å²) in [6.45, 7) is 1.63. The van der Waals surface area contributed by atoms with E-state index in [1.54, 1.807) is 6.08 Å². The number of nitrogens with one attached hydrogen (secondary N) is 1. The van der Waals surface area contributed by atoms with Gasteiger partial charge in [-0.15, -0.1) is 0 Å². The predicted molar refractivity (Wildman–Crippen MR) is 323 cm³/mol. The van der Waals surface area contributed by atoms with Crippen LogP contribution < -0.4 is 5.32 Å². The summed E-state index contributed by atoms with van der Waals surface area (Å²) in [5.74, 6) is -0.301. The maximum absolute atomic E-state index is 13.3. The molecule has 1 amide bonds. The van der Waals surface area contributed by atoms with E-state index in [9.17, 15) is 61.0 Å². The Bertz CT molecular complexity index is 1720. The molecule has 490 valence electrons. The monoisotopic (exact) mass is 1200 g/mol. The number of aliphatic hydroxyl groups excluding tert-OH is 11. The number of carbonyl (C=O) groups excluding carboxylic acids is 1. The SMILES string of the molecule is CCC/C=C\C/C=C\CCCCCCCC(=O)NC(COC1OC(CO)C(OC2OC(CO)C(OC3OC(CO)C(O)C(O)C3O)C(O)C2O)C(O)C1O)C(O)/C=C/CC/C=C/CCCCCCCCCCCCCCCCCCCCCC. The van der Waals surface area contributed by atoms with Crippen molar-refractivity contribution < 1.29 is 89.4 Å². The summed E-state index contributed by atoms with van der Waals surface area (Å²) in [6.07, 6.45) is 28.2. The van der Waals surface area contributed by atoms with Crippen molar-refractivity contribution in [3.8, 4) is 0 Å². The van der Waals surface area contributed by atoms with Gasteiger partial charge in [-0.1, -0.05) is 210 Å². The Labute approximate surface area is 503 Å². The van der Waals surface area contributed by atoms with Gasteiger partial charge in [0, 0.05) is 6.42 Å². The van der Waals surface area contributed by atoms with E-state index in [-0.39, 0.29) is 18.9 Å². The predicted octanol–water partition coefficient (Wildman–Crippen LogP) is 7.43. The Hall–Kier alpha value is -2.25. The van der Waals surface area contributed by atoms with Crippen LogP contribution in [0.4, 0.5) is 0 Å². The lowest BCUT2D eigenvalue weighted by Crippen LogP contribution is -2.66. The molecule has 0 saturated carbocycles. The fourth-order valence-corrected chi connectivity index (χ4v) is 11.0. The van der Waals surface area contributed by atoms with Gasteiger partial charge in [-0.25, -0.2) is 0 Å². The lowest BCUT2D eigenvalue weighted by molar-refractivity contribution is -0.379. The van der Waals surface area contributed by atoms with Crippen molar-refractivity contribution in [1.29, 1.82) is 0 Å². The second kappa shape index (κ2) is 47.7. The molecule has 3 fully saturated rings. The van der Waals surface area contributed by atoms with Gasteiger partial charge in [-0.05, 0) is 57.8 Å². The van der Waals surface area contributed by atoms with Gasteiger partial charge in [0.05, 0.1) is 38.6 Å². The second-order valence-electron chi connectivity index (χ2n) is 23.6. The van der Waals surface area contributed by atoms with Crippen LogP contribution in [-0.2, 0) is 33.2 Å². The Balaban J connectivity index is 1.45. The number of amides is 1. The van der Waals surface area contributed by atoms with Crippen LogP contribution in [0.1, 0.15) is 226 Å². The van der Waals surface area contributed by atoms with Crippen LogP contribution >= 0.6 is 0 Å². The van der Waals surface area contributed by atoms with Crippen LogP contribution in [0.5, 0.6) is 0 Å². The number of aliphatic hydroxyl groups is 11. The molecule has 3 aliphatic rings. The molecule has 0 aliphatic carbocycles. The van der Waals surface area contributed by atoms with Gasteiger partial charge in [0.25, 0.3) is 0 Å². The summed E-state index contributed by atoms with van der Waals surface area (Å²) in [5.41, 5.74) is 0. The molecule has 0 aromatic carbocycles. The molecular weight excluding hydrogens is 1080 g/mol. The maximum atomic E-state index is 13.3. The van der Waals surface area contributed by atoms with Crippen molar-refractivity contribution >= 4 is 5.91 Å². The van der Waals surface area contributed by atoms with Gasteiger partial charge in [-0.3, -0.25) is 4.79 Å². The average molecular weight is 1200 g/mol. The number of carbonyl (C=O) groups is 1. The third-order valence-corrected chi connectivity index (χ3v) is 16.3. The van der Waals surface area contributed by atoms with Crippen molar-refractivity contribution in [3.63, 3.8) is 0 Å². The van der Waals surface area contributed by atoms with E-state index >= 15 is 0 Å². The van der Waals surface area contributed by atoms with Gasteiger partial charge in [0.2, 0.25) is 5.91 Å². The van der Waals surface area contributed by atoms with Crippen molar-refractivity contribution in [3.05, 3.63) is 48.6 Å². The summed E-state index contributed by atoms with van der Waals surface area (Å²) in [6, 6.07) is -0.998. The minimum Gasteiger partial charge on any atom is -0.394 e. The highest BCUT2D eigenvalue weighted by molar-refractivity contribution is 5.76. The zero-order valence-electron chi connectivity index (χ0n) is 51.4. The Morgan fingerprint density at radius 3 is 1.31 bits per heavy atom. The minimum absolute atomic E-state index is 0.218. The minimum atomic E-state index is -1.98. The van der Waals surface area contributed by atoms with E-state index in [1.807, 2.05) is 6.08 Å². The highest BCUT2D eigenvalue weighted by Crippen LogP contribution is 2.33. The van der Waals surface area contributed by atoms with Crippen molar-refractivity contribution in [2.24, 2.45) is 0 Å². The molecule has 84 heavy (non-hydrogen) atoms. The average Bonchev–Trinajstić information content (AvgIpc) is 2.92. The normalized spacial score (nSPS) is 29.5. The molecule has 3 rings (SSSR count). The van der Waals surface area contributed by atoms with Crippen LogP contribution in [0.15, 0.2) is 48.6 Å². The number of unbranched alkanes of at least 4 members (excludes halogenated alkanes) is 27. The number of ether oxygens (including phenoxy) is 6. The summed E-state index contributed by atoms with van der Waals surface area (Å²) in [5, 5.41) is 120. The Morgan fingerprint density at radius 2 is 0.821 bits per heavy atom. The molecule has 0 bridgehead atoms. The smallest absolute Gasteiger partial charge is 0.220 e. The van der Waals surface area contributed by atoms with Crippen LogP contribution in [0.3, 0.4) is 0 Å². The third kappa shape index (κ3) is 30.3. The van der Waals surface area contributed by atoms with E-state index in [4.69, 9.17) is 28.4 Å². The number of rotatable bonds is 49. The maximum Gasteiger partial charge on any atom is 0.220 e. The third-order valence-electron chi connectivity index (χ3n) is 16.3. The first-order valence-electron chi connectivity index (χ1n) is 32.9.